The Morgan fingerprint density at radius 2 is 2.00 bits per heavy atom. The Morgan fingerprint density at radius 3 is 2.59 bits per heavy atom. The molecule has 2 heterocycles. The highest BCUT2D eigenvalue weighted by atomic mass is 32.2. The highest BCUT2D eigenvalue weighted by molar-refractivity contribution is 7.99. The largest absolute Gasteiger partial charge is 0.355 e. The number of amides is 2. The van der Waals surface area contributed by atoms with E-state index in [0.29, 0.717) is 13.0 Å². The van der Waals surface area contributed by atoms with E-state index in [0.717, 1.165) is 19.6 Å². The van der Waals surface area contributed by atoms with Crippen molar-refractivity contribution >= 4 is 23.6 Å². The van der Waals surface area contributed by atoms with E-state index in [4.69, 9.17) is 0 Å². The lowest BCUT2D eigenvalue weighted by atomic mass is 9.87. The third kappa shape index (κ3) is 3.13. The molecule has 1 unspecified atom stereocenters. The van der Waals surface area contributed by atoms with Crippen molar-refractivity contribution in [2.75, 3.05) is 37.7 Å². The zero-order chi connectivity index (χ0) is 15.6. The molecule has 6 heteroatoms. The molecular weight excluding hydrogens is 298 g/mol. The van der Waals surface area contributed by atoms with Gasteiger partial charge in [-0.05, 0) is 19.8 Å². The molecule has 0 radical (unpaired) electrons. The molecule has 3 aliphatic rings. The van der Waals surface area contributed by atoms with Crippen LogP contribution in [0.2, 0.25) is 0 Å². The first-order chi connectivity index (χ1) is 10.5. The lowest BCUT2D eigenvalue weighted by molar-refractivity contribution is -0.131. The number of hydrogen-bond acceptors (Lipinski definition) is 4. The van der Waals surface area contributed by atoms with Gasteiger partial charge in [0.05, 0.1) is 5.41 Å². The van der Waals surface area contributed by atoms with Gasteiger partial charge in [-0.25, -0.2) is 0 Å². The summed E-state index contributed by atoms with van der Waals surface area (Å²) in [5.74, 6) is 2.42. The fourth-order valence-corrected chi connectivity index (χ4v) is 4.97. The summed E-state index contributed by atoms with van der Waals surface area (Å²) in [5.41, 5.74) is -0.419. The van der Waals surface area contributed by atoms with Gasteiger partial charge in [0.2, 0.25) is 11.8 Å². The number of thioether (sulfide) groups is 1. The van der Waals surface area contributed by atoms with Crippen LogP contribution in [0.25, 0.3) is 0 Å². The van der Waals surface area contributed by atoms with Crippen LogP contribution >= 0.6 is 11.8 Å². The summed E-state index contributed by atoms with van der Waals surface area (Å²) in [6.45, 7) is 5.36. The van der Waals surface area contributed by atoms with Crippen molar-refractivity contribution in [1.29, 1.82) is 0 Å². The van der Waals surface area contributed by atoms with Crippen molar-refractivity contribution in [3.63, 3.8) is 0 Å². The number of hydrogen-bond donors (Lipinski definition) is 2. The minimum absolute atomic E-state index is 0.0127. The Hall–Kier alpha value is -0.750. The lowest BCUT2D eigenvalue weighted by Gasteiger charge is -2.44. The third-order valence-electron chi connectivity index (χ3n) is 5.57. The van der Waals surface area contributed by atoms with E-state index >= 15 is 0 Å². The molecule has 3 fully saturated rings. The van der Waals surface area contributed by atoms with Crippen LogP contribution in [-0.2, 0) is 9.59 Å². The Morgan fingerprint density at radius 1 is 1.32 bits per heavy atom. The quantitative estimate of drug-likeness (QED) is 0.809. The molecule has 2 saturated heterocycles. The third-order valence-corrected chi connectivity index (χ3v) is 6.51. The smallest absolute Gasteiger partial charge is 0.228 e. The first-order valence-electron chi connectivity index (χ1n) is 8.42. The fraction of sp³-hybridized carbons (Fsp3) is 0.875. The van der Waals surface area contributed by atoms with E-state index in [9.17, 15) is 9.59 Å². The minimum Gasteiger partial charge on any atom is -0.355 e. The van der Waals surface area contributed by atoms with Crippen LogP contribution in [0.1, 0.15) is 39.0 Å². The molecule has 0 aromatic heterocycles. The van der Waals surface area contributed by atoms with Crippen molar-refractivity contribution < 1.29 is 9.59 Å². The molecule has 1 aliphatic carbocycles. The first-order valence-corrected chi connectivity index (χ1v) is 9.57. The lowest BCUT2D eigenvalue weighted by Crippen LogP contribution is -2.57. The summed E-state index contributed by atoms with van der Waals surface area (Å²) in [6.07, 6.45) is 5.21. The van der Waals surface area contributed by atoms with Crippen LogP contribution in [0.5, 0.6) is 0 Å². The topological polar surface area (TPSA) is 61.4 Å². The van der Waals surface area contributed by atoms with Gasteiger partial charge in [0.1, 0.15) is 0 Å². The highest BCUT2D eigenvalue weighted by Crippen LogP contribution is 2.36. The summed E-state index contributed by atoms with van der Waals surface area (Å²) in [7, 11) is 0. The van der Waals surface area contributed by atoms with Gasteiger partial charge in [-0.1, -0.05) is 12.8 Å². The maximum absolute atomic E-state index is 12.6. The van der Waals surface area contributed by atoms with Crippen molar-refractivity contribution in [2.24, 2.45) is 5.41 Å². The molecular formula is C16H27N3O2S. The molecule has 3 rings (SSSR count). The minimum atomic E-state index is -0.575. The van der Waals surface area contributed by atoms with E-state index in [1.54, 1.807) is 0 Å². The molecule has 0 bridgehead atoms. The van der Waals surface area contributed by atoms with Gasteiger partial charge in [0.15, 0.2) is 0 Å². The molecule has 1 atom stereocenters. The Bertz CT molecular complexity index is 445. The molecule has 2 aliphatic heterocycles. The second-order valence-corrected chi connectivity index (χ2v) is 8.45. The summed E-state index contributed by atoms with van der Waals surface area (Å²) >= 11 is 2.03. The Labute approximate surface area is 137 Å². The predicted molar refractivity (Wildman–Crippen MR) is 88.8 cm³/mol. The summed E-state index contributed by atoms with van der Waals surface area (Å²) in [5, 5.41) is 5.97. The highest BCUT2D eigenvalue weighted by Gasteiger charge is 2.44. The van der Waals surface area contributed by atoms with Crippen molar-refractivity contribution in [3.05, 3.63) is 0 Å². The molecule has 1 saturated carbocycles. The number of carbonyl (C=O) groups is 2. The fourth-order valence-electron chi connectivity index (χ4n) is 4.07. The maximum Gasteiger partial charge on any atom is 0.228 e. The van der Waals surface area contributed by atoms with Crippen molar-refractivity contribution in [3.8, 4) is 0 Å². The van der Waals surface area contributed by atoms with Gasteiger partial charge in [-0.3, -0.25) is 14.5 Å². The van der Waals surface area contributed by atoms with Crippen LogP contribution in [-0.4, -0.2) is 59.9 Å². The molecule has 0 aromatic rings. The van der Waals surface area contributed by atoms with Gasteiger partial charge in [-0.2, -0.15) is 11.8 Å². The molecule has 0 aromatic carbocycles. The van der Waals surface area contributed by atoms with Crippen LogP contribution < -0.4 is 10.6 Å². The van der Waals surface area contributed by atoms with E-state index in [-0.39, 0.29) is 17.4 Å². The number of nitrogens with one attached hydrogen (secondary N) is 2. The number of nitrogens with zero attached hydrogens (tertiary/aromatic N) is 1. The van der Waals surface area contributed by atoms with Crippen molar-refractivity contribution in [2.45, 2.75) is 44.6 Å². The average Bonchev–Trinajstić information content (AvgIpc) is 3.14. The summed E-state index contributed by atoms with van der Waals surface area (Å²) in [6, 6.07) is 0. The van der Waals surface area contributed by atoms with Gasteiger partial charge >= 0.3 is 0 Å². The molecule has 0 spiro atoms. The second-order valence-electron chi connectivity index (χ2n) is 7.23. The monoisotopic (exact) mass is 325 g/mol. The zero-order valence-corrected chi connectivity index (χ0v) is 14.3. The molecule has 2 N–H and O–H groups in total. The van der Waals surface area contributed by atoms with Gasteiger partial charge in [-0.15, -0.1) is 0 Å². The number of rotatable bonds is 4. The van der Waals surface area contributed by atoms with Gasteiger partial charge in [0.25, 0.3) is 0 Å². The first kappa shape index (κ1) is 16.1. The second kappa shape index (κ2) is 6.40. The molecule has 124 valence electrons. The van der Waals surface area contributed by atoms with E-state index in [1.807, 2.05) is 18.7 Å². The van der Waals surface area contributed by atoms with Gasteiger partial charge in [0, 0.05) is 49.6 Å². The average molecular weight is 325 g/mol. The van der Waals surface area contributed by atoms with E-state index in [1.165, 1.54) is 37.2 Å². The van der Waals surface area contributed by atoms with Crippen LogP contribution in [0.3, 0.4) is 0 Å². The van der Waals surface area contributed by atoms with Crippen LogP contribution in [0.4, 0.5) is 0 Å². The van der Waals surface area contributed by atoms with Gasteiger partial charge < -0.3 is 10.6 Å². The number of carbonyl (C=O) groups excluding carboxylic acids is 2. The van der Waals surface area contributed by atoms with E-state index in [2.05, 4.69) is 15.5 Å². The standard InChI is InChI=1S/C16H27N3O2S/c1-15(10-13(20)17-11-15)14(21)18-12-16(4-2-3-5-16)19-6-8-22-9-7-19/h2-12H2,1H3,(H,17,20)(H,18,21). The summed E-state index contributed by atoms with van der Waals surface area (Å²) < 4.78 is 0. The molecule has 2 amide bonds. The predicted octanol–water partition coefficient (Wildman–Crippen LogP) is 0.990. The summed E-state index contributed by atoms with van der Waals surface area (Å²) in [4.78, 5) is 26.6. The Balaban J connectivity index is 1.62. The SMILES string of the molecule is CC1(C(=O)NCC2(N3CCSCC3)CCCC2)CNC(=O)C1. The van der Waals surface area contributed by atoms with Crippen LogP contribution in [0, 0.1) is 5.41 Å². The normalized spacial score (nSPS) is 32.0. The van der Waals surface area contributed by atoms with E-state index < -0.39 is 5.41 Å². The zero-order valence-electron chi connectivity index (χ0n) is 13.5. The Kier molecular flexibility index (Phi) is 4.69. The van der Waals surface area contributed by atoms with Crippen molar-refractivity contribution in [1.82, 2.24) is 15.5 Å². The molecule has 22 heavy (non-hydrogen) atoms. The molecule has 5 nitrogen and oxygen atoms in total. The maximum atomic E-state index is 12.6. The van der Waals surface area contributed by atoms with Crippen LogP contribution in [0.15, 0.2) is 0 Å².